The molecule has 0 saturated heterocycles. The van der Waals surface area contributed by atoms with E-state index in [1.165, 1.54) is 10.7 Å². The third kappa shape index (κ3) is 1.74. The number of rotatable bonds is 3. The minimum absolute atomic E-state index is 0.112. The molecule has 0 aliphatic rings. The molecule has 2 rings (SSSR count). The molecule has 3 N–H and O–H groups in total. The SMILES string of the molecule is CC(CN)Nc1nn(C)c2c(F)cccc12. The molecule has 2 aromatic rings. The second-order valence-electron chi connectivity index (χ2n) is 3.89. The van der Waals surface area contributed by atoms with Gasteiger partial charge in [0.05, 0.1) is 0 Å². The van der Waals surface area contributed by atoms with Gasteiger partial charge in [-0.3, -0.25) is 4.68 Å². The molecule has 0 bridgehead atoms. The summed E-state index contributed by atoms with van der Waals surface area (Å²) >= 11 is 0. The molecule has 0 aliphatic carbocycles. The average molecular weight is 222 g/mol. The van der Waals surface area contributed by atoms with E-state index in [0.29, 0.717) is 17.9 Å². The molecule has 0 aliphatic heterocycles. The molecular formula is C11H15FN4. The van der Waals surface area contributed by atoms with Crippen molar-refractivity contribution in [2.24, 2.45) is 12.8 Å². The van der Waals surface area contributed by atoms with Crippen LogP contribution >= 0.6 is 0 Å². The van der Waals surface area contributed by atoms with Crippen molar-refractivity contribution in [2.75, 3.05) is 11.9 Å². The predicted octanol–water partition coefficient (Wildman–Crippen LogP) is 1.47. The molecule has 0 fully saturated rings. The van der Waals surface area contributed by atoms with Crippen molar-refractivity contribution in [3.8, 4) is 0 Å². The number of para-hydroxylation sites is 1. The Balaban J connectivity index is 2.51. The zero-order chi connectivity index (χ0) is 11.7. The lowest BCUT2D eigenvalue weighted by Crippen LogP contribution is -2.25. The highest BCUT2D eigenvalue weighted by Crippen LogP contribution is 2.24. The highest BCUT2D eigenvalue weighted by Gasteiger charge is 2.12. The summed E-state index contributed by atoms with van der Waals surface area (Å²) < 4.78 is 15.1. The van der Waals surface area contributed by atoms with Crippen molar-refractivity contribution < 1.29 is 4.39 Å². The van der Waals surface area contributed by atoms with Gasteiger partial charge >= 0.3 is 0 Å². The fraction of sp³-hybridized carbons (Fsp3) is 0.364. The molecule has 1 atom stereocenters. The van der Waals surface area contributed by atoms with E-state index in [4.69, 9.17) is 5.73 Å². The van der Waals surface area contributed by atoms with Crippen molar-refractivity contribution in [1.82, 2.24) is 9.78 Å². The van der Waals surface area contributed by atoms with Crippen LogP contribution in [0.5, 0.6) is 0 Å². The van der Waals surface area contributed by atoms with Crippen LogP contribution in [0.1, 0.15) is 6.92 Å². The first-order valence-corrected chi connectivity index (χ1v) is 5.21. The Morgan fingerprint density at radius 2 is 2.31 bits per heavy atom. The summed E-state index contributed by atoms with van der Waals surface area (Å²) in [6, 6.07) is 5.07. The van der Waals surface area contributed by atoms with Gasteiger partial charge in [0.25, 0.3) is 0 Å². The van der Waals surface area contributed by atoms with E-state index in [0.717, 1.165) is 5.39 Å². The summed E-state index contributed by atoms with van der Waals surface area (Å²) in [5, 5.41) is 8.19. The Bertz CT molecular complexity index is 506. The molecular weight excluding hydrogens is 207 g/mol. The number of fused-ring (bicyclic) bond motifs is 1. The van der Waals surface area contributed by atoms with Crippen LogP contribution in [0.15, 0.2) is 18.2 Å². The van der Waals surface area contributed by atoms with Crippen molar-refractivity contribution >= 4 is 16.7 Å². The largest absolute Gasteiger partial charge is 0.364 e. The molecule has 0 amide bonds. The van der Waals surface area contributed by atoms with Gasteiger partial charge in [-0.1, -0.05) is 6.07 Å². The Morgan fingerprint density at radius 1 is 1.56 bits per heavy atom. The van der Waals surface area contributed by atoms with E-state index in [1.807, 2.05) is 13.0 Å². The normalized spacial score (nSPS) is 13.0. The van der Waals surface area contributed by atoms with E-state index in [2.05, 4.69) is 10.4 Å². The van der Waals surface area contributed by atoms with E-state index in [1.54, 1.807) is 13.1 Å². The molecule has 0 saturated carbocycles. The second kappa shape index (κ2) is 4.09. The molecule has 1 aromatic carbocycles. The molecule has 0 spiro atoms. The summed E-state index contributed by atoms with van der Waals surface area (Å²) in [7, 11) is 1.73. The topological polar surface area (TPSA) is 55.9 Å². The van der Waals surface area contributed by atoms with E-state index >= 15 is 0 Å². The zero-order valence-corrected chi connectivity index (χ0v) is 9.37. The fourth-order valence-corrected chi connectivity index (χ4v) is 1.69. The van der Waals surface area contributed by atoms with Gasteiger partial charge in [0.1, 0.15) is 11.3 Å². The van der Waals surface area contributed by atoms with Crippen molar-refractivity contribution in [3.05, 3.63) is 24.0 Å². The Labute approximate surface area is 93.2 Å². The van der Waals surface area contributed by atoms with Crippen LogP contribution < -0.4 is 11.1 Å². The van der Waals surface area contributed by atoms with Crippen LogP contribution in [-0.4, -0.2) is 22.4 Å². The molecule has 86 valence electrons. The van der Waals surface area contributed by atoms with Crippen LogP contribution in [0.2, 0.25) is 0 Å². The number of nitrogens with zero attached hydrogens (tertiary/aromatic N) is 2. The third-order valence-corrected chi connectivity index (χ3v) is 2.55. The molecule has 16 heavy (non-hydrogen) atoms. The van der Waals surface area contributed by atoms with Gasteiger partial charge in [0.15, 0.2) is 5.82 Å². The smallest absolute Gasteiger partial charge is 0.156 e. The number of hydrogen-bond acceptors (Lipinski definition) is 3. The van der Waals surface area contributed by atoms with Gasteiger partial charge in [-0.15, -0.1) is 0 Å². The Morgan fingerprint density at radius 3 is 3.00 bits per heavy atom. The van der Waals surface area contributed by atoms with Gasteiger partial charge in [-0.2, -0.15) is 5.10 Å². The minimum atomic E-state index is -0.263. The first-order valence-electron chi connectivity index (χ1n) is 5.21. The number of aromatic nitrogens is 2. The molecule has 5 heteroatoms. The summed E-state index contributed by atoms with van der Waals surface area (Å²) in [5.41, 5.74) is 6.04. The zero-order valence-electron chi connectivity index (χ0n) is 9.37. The highest BCUT2D eigenvalue weighted by molar-refractivity contribution is 5.90. The maximum Gasteiger partial charge on any atom is 0.156 e. The van der Waals surface area contributed by atoms with Crippen molar-refractivity contribution in [2.45, 2.75) is 13.0 Å². The van der Waals surface area contributed by atoms with Crippen LogP contribution in [0.4, 0.5) is 10.2 Å². The number of halogens is 1. The van der Waals surface area contributed by atoms with Crippen LogP contribution in [0.25, 0.3) is 10.9 Å². The lowest BCUT2D eigenvalue weighted by molar-refractivity contribution is 0.625. The fourth-order valence-electron chi connectivity index (χ4n) is 1.69. The van der Waals surface area contributed by atoms with Gasteiger partial charge in [-0.05, 0) is 19.1 Å². The van der Waals surface area contributed by atoms with Gasteiger partial charge in [0.2, 0.25) is 0 Å². The summed E-state index contributed by atoms with van der Waals surface area (Å²) in [6.07, 6.45) is 0. The Kier molecular flexibility index (Phi) is 2.78. The van der Waals surface area contributed by atoms with Crippen molar-refractivity contribution in [3.63, 3.8) is 0 Å². The van der Waals surface area contributed by atoms with E-state index in [-0.39, 0.29) is 11.9 Å². The van der Waals surface area contributed by atoms with Crippen LogP contribution in [0.3, 0.4) is 0 Å². The highest BCUT2D eigenvalue weighted by atomic mass is 19.1. The maximum absolute atomic E-state index is 13.6. The third-order valence-electron chi connectivity index (χ3n) is 2.55. The first kappa shape index (κ1) is 10.9. The standard InChI is InChI=1S/C11H15FN4/c1-7(6-13)14-11-8-4-3-5-9(12)10(8)16(2)15-11/h3-5,7H,6,13H2,1-2H3,(H,14,15). The molecule has 0 radical (unpaired) electrons. The number of nitrogens with one attached hydrogen (secondary N) is 1. The molecule has 1 heterocycles. The average Bonchev–Trinajstić information content (AvgIpc) is 2.57. The summed E-state index contributed by atoms with van der Waals surface area (Å²) in [6.45, 7) is 2.47. The lowest BCUT2D eigenvalue weighted by Gasteiger charge is -2.09. The number of hydrogen-bond donors (Lipinski definition) is 2. The number of aryl methyl sites for hydroxylation is 1. The molecule has 4 nitrogen and oxygen atoms in total. The van der Waals surface area contributed by atoms with Gasteiger partial charge < -0.3 is 11.1 Å². The van der Waals surface area contributed by atoms with Crippen molar-refractivity contribution in [1.29, 1.82) is 0 Å². The number of anilines is 1. The quantitative estimate of drug-likeness (QED) is 0.826. The second-order valence-corrected chi connectivity index (χ2v) is 3.89. The van der Waals surface area contributed by atoms with E-state index < -0.39 is 0 Å². The first-order chi connectivity index (χ1) is 7.63. The Hall–Kier alpha value is -1.62. The summed E-state index contributed by atoms with van der Waals surface area (Å²) in [5.74, 6) is 0.413. The minimum Gasteiger partial charge on any atom is -0.364 e. The lowest BCUT2D eigenvalue weighted by atomic mass is 10.2. The molecule has 1 unspecified atom stereocenters. The van der Waals surface area contributed by atoms with Crippen LogP contribution in [-0.2, 0) is 7.05 Å². The maximum atomic E-state index is 13.6. The molecule has 1 aromatic heterocycles. The monoisotopic (exact) mass is 222 g/mol. The summed E-state index contributed by atoms with van der Waals surface area (Å²) in [4.78, 5) is 0. The van der Waals surface area contributed by atoms with Gasteiger partial charge in [-0.25, -0.2) is 4.39 Å². The van der Waals surface area contributed by atoms with E-state index in [9.17, 15) is 4.39 Å². The number of benzene rings is 1. The number of nitrogens with two attached hydrogens (primary N) is 1. The predicted molar refractivity (Wildman–Crippen MR) is 62.8 cm³/mol. The van der Waals surface area contributed by atoms with Gasteiger partial charge in [0, 0.05) is 25.0 Å². The van der Waals surface area contributed by atoms with Crippen LogP contribution in [0, 0.1) is 5.82 Å².